The molecule has 1 fully saturated rings. The molecule has 0 N–H and O–H groups in total. The summed E-state index contributed by atoms with van der Waals surface area (Å²) in [7, 11) is 0. The molecule has 4 heteroatoms. The Morgan fingerprint density at radius 2 is 1.94 bits per heavy atom. The van der Waals surface area contributed by atoms with E-state index in [1.165, 1.54) is 6.42 Å². The Balaban J connectivity index is 2.54. The highest BCUT2D eigenvalue weighted by Gasteiger charge is 2.30. The number of carbonyl (C=O) groups excluding carboxylic acids is 1. The maximum Gasteiger partial charge on any atom is 0.410 e. The van der Waals surface area contributed by atoms with Crippen molar-refractivity contribution < 1.29 is 9.53 Å². The molecule has 0 saturated carbocycles. The number of rotatable bonds is 3. The standard InChI is InChI=1S/C14H28N2O2/c1-6-8-15-9-10-16(11-12(15)7-2)13(17)18-14(3,4)5/h12H,6-11H2,1-5H3. The number of carbonyl (C=O) groups is 1. The van der Waals surface area contributed by atoms with Gasteiger partial charge in [0.05, 0.1) is 0 Å². The lowest BCUT2D eigenvalue weighted by atomic mass is 10.1. The van der Waals surface area contributed by atoms with Crippen LogP contribution < -0.4 is 0 Å². The van der Waals surface area contributed by atoms with Crippen LogP contribution in [-0.2, 0) is 4.74 Å². The molecule has 0 spiro atoms. The number of piperazine rings is 1. The Hall–Kier alpha value is -0.770. The normalized spacial score (nSPS) is 22.1. The van der Waals surface area contributed by atoms with E-state index in [4.69, 9.17) is 4.74 Å². The predicted molar refractivity (Wildman–Crippen MR) is 73.8 cm³/mol. The molecule has 4 nitrogen and oxygen atoms in total. The van der Waals surface area contributed by atoms with Gasteiger partial charge in [0.15, 0.2) is 0 Å². The molecule has 0 aromatic carbocycles. The van der Waals surface area contributed by atoms with Crippen LogP contribution >= 0.6 is 0 Å². The van der Waals surface area contributed by atoms with E-state index in [2.05, 4.69) is 18.7 Å². The number of hydrogen-bond acceptors (Lipinski definition) is 3. The summed E-state index contributed by atoms with van der Waals surface area (Å²) < 4.78 is 5.43. The van der Waals surface area contributed by atoms with Gasteiger partial charge in [-0.25, -0.2) is 4.79 Å². The molecule has 1 saturated heterocycles. The van der Waals surface area contributed by atoms with Crippen LogP contribution in [-0.4, -0.2) is 53.7 Å². The summed E-state index contributed by atoms with van der Waals surface area (Å²) in [4.78, 5) is 16.4. The van der Waals surface area contributed by atoms with E-state index >= 15 is 0 Å². The Morgan fingerprint density at radius 1 is 1.28 bits per heavy atom. The fourth-order valence-corrected chi connectivity index (χ4v) is 2.35. The molecule has 106 valence electrons. The van der Waals surface area contributed by atoms with Crippen LogP contribution in [0.2, 0.25) is 0 Å². The predicted octanol–water partition coefficient (Wildman–Crippen LogP) is 2.73. The van der Waals surface area contributed by atoms with Crippen molar-refractivity contribution in [2.24, 2.45) is 0 Å². The summed E-state index contributed by atoms with van der Waals surface area (Å²) in [5.74, 6) is 0. The number of hydrogen-bond donors (Lipinski definition) is 0. The van der Waals surface area contributed by atoms with Gasteiger partial charge in [-0.2, -0.15) is 0 Å². The highest BCUT2D eigenvalue weighted by atomic mass is 16.6. The average molecular weight is 256 g/mol. The molecular formula is C14H28N2O2. The van der Waals surface area contributed by atoms with Crippen molar-refractivity contribution in [1.29, 1.82) is 0 Å². The maximum absolute atomic E-state index is 12.0. The van der Waals surface area contributed by atoms with Gasteiger partial charge in [-0.05, 0) is 40.2 Å². The van der Waals surface area contributed by atoms with E-state index in [0.29, 0.717) is 6.04 Å². The van der Waals surface area contributed by atoms with E-state index < -0.39 is 5.60 Å². The van der Waals surface area contributed by atoms with Gasteiger partial charge in [-0.1, -0.05) is 13.8 Å². The van der Waals surface area contributed by atoms with Gasteiger partial charge in [0.25, 0.3) is 0 Å². The third-order valence-electron chi connectivity index (χ3n) is 3.24. The Kier molecular flexibility index (Phi) is 5.45. The molecule has 0 radical (unpaired) electrons. The summed E-state index contributed by atoms with van der Waals surface area (Å²) in [6.07, 6.45) is 2.08. The monoisotopic (exact) mass is 256 g/mol. The molecule has 18 heavy (non-hydrogen) atoms. The number of nitrogens with zero attached hydrogens (tertiary/aromatic N) is 2. The molecule has 1 atom stereocenters. The summed E-state index contributed by atoms with van der Waals surface area (Å²) in [6.45, 7) is 13.8. The van der Waals surface area contributed by atoms with Crippen molar-refractivity contribution >= 4 is 6.09 Å². The third kappa shape index (κ3) is 4.48. The van der Waals surface area contributed by atoms with Crippen molar-refractivity contribution in [2.45, 2.75) is 59.1 Å². The van der Waals surface area contributed by atoms with E-state index in [9.17, 15) is 4.79 Å². The van der Waals surface area contributed by atoms with Gasteiger partial charge in [-0.15, -0.1) is 0 Å². The zero-order valence-corrected chi connectivity index (χ0v) is 12.5. The molecule has 1 amide bonds. The van der Waals surface area contributed by atoms with Crippen LogP contribution in [0.3, 0.4) is 0 Å². The molecular weight excluding hydrogens is 228 g/mol. The fourth-order valence-electron chi connectivity index (χ4n) is 2.35. The van der Waals surface area contributed by atoms with Crippen LogP contribution in [0.4, 0.5) is 4.79 Å². The molecule has 0 aliphatic carbocycles. The molecule has 0 bridgehead atoms. The minimum absolute atomic E-state index is 0.169. The largest absolute Gasteiger partial charge is 0.444 e. The van der Waals surface area contributed by atoms with Crippen LogP contribution in [0.1, 0.15) is 47.5 Å². The molecule has 0 aromatic rings. The number of amides is 1. The second-order valence-corrected chi connectivity index (χ2v) is 6.02. The van der Waals surface area contributed by atoms with Crippen molar-refractivity contribution in [3.05, 3.63) is 0 Å². The third-order valence-corrected chi connectivity index (χ3v) is 3.24. The minimum atomic E-state index is -0.403. The molecule has 1 heterocycles. The van der Waals surface area contributed by atoms with E-state index in [-0.39, 0.29) is 6.09 Å². The lowest BCUT2D eigenvalue weighted by Crippen LogP contribution is -2.55. The van der Waals surface area contributed by atoms with Gasteiger partial charge in [0, 0.05) is 25.7 Å². The first kappa shape index (κ1) is 15.3. The topological polar surface area (TPSA) is 32.8 Å². The average Bonchev–Trinajstić information content (AvgIpc) is 2.27. The van der Waals surface area contributed by atoms with Gasteiger partial charge in [-0.3, -0.25) is 4.90 Å². The van der Waals surface area contributed by atoms with Crippen LogP contribution in [0.15, 0.2) is 0 Å². The van der Waals surface area contributed by atoms with Crippen LogP contribution in [0, 0.1) is 0 Å². The first-order chi connectivity index (χ1) is 8.37. The van der Waals surface area contributed by atoms with Crippen molar-refractivity contribution in [1.82, 2.24) is 9.80 Å². The summed E-state index contributed by atoms with van der Waals surface area (Å²) >= 11 is 0. The Morgan fingerprint density at radius 3 is 2.44 bits per heavy atom. The molecule has 1 unspecified atom stereocenters. The van der Waals surface area contributed by atoms with E-state index in [1.807, 2.05) is 25.7 Å². The molecule has 1 aliphatic heterocycles. The molecule has 0 aromatic heterocycles. The second-order valence-electron chi connectivity index (χ2n) is 6.02. The first-order valence-electron chi connectivity index (χ1n) is 7.09. The minimum Gasteiger partial charge on any atom is -0.444 e. The van der Waals surface area contributed by atoms with Gasteiger partial charge in [0.1, 0.15) is 5.60 Å². The summed E-state index contributed by atoms with van der Waals surface area (Å²) in [5.41, 5.74) is -0.403. The maximum atomic E-state index is 12.0. The van der Waals surface area contributed by atoms with Gasteiger partial charge < -0.3 is 9.64 Å². The van der Waals surface area contributed by atoms with E-state index in [0.717, 1.165) is 32.6 Å². The van der Waals surface area contributed by atoms with Gasteiger partial charge in [0.2, 0.25) is 0 Å². The van der Waals surface area contributed by atoms with Gasteiger partial charge >= 0.3 is 6.09 Å². The molecule has 1 rings (SSSR count). The second kappa shape index (κ2) is 6.41. The highest BCUT2D eigenvalue weighted by Crippen LogP contribution is 2.16. The molecule has 1 aliphatic rings. The quantitative estimate of drug-likeness (QED) is 0.778. The van der Waals surface area contributed by atoms with Crippen molar-refractivity contribution in [3.8, 4) is 0 Å². The first-order valence-corrected chi connectivity index (χ1v) is 7.09. The highest BCUT2D eigenvalue weighted by molar-refractivity contribution is 5.68. The SMILES string of the molecule is CCCN1CCN(C(=O)OC(C)(C)C)CC1CC. The summed E-state index contributed by atoms with van der Waals surface area (Å²) in [6, 6.07) is 0.478. The van der Waals surface area contributed by atoms with Crippen molar-refractivity contribution in [3.63, 3.8) is 0 Å². The Labute approximate surface area is 111 Å². The smallest absolute Gasteiger partial charge is 0.410 e. The van der Waals surface area contributed by atoms with Crippen molar-refractivity contribution in [2.75, 3.05) is 26.2 Å². The van der Waals surface area contributed by atoms with Crippen LogP contribution in [0.5, 0.6) is 0 Å². The summed E-state index contributed by atoms with van der Waals surface area (Å²) in [5, 5.41) is 0. The zero-order valence-electron chi connectivity index (χ0n) is 12.5. The Bertz CT molecular complexity index is 273. The zero-order chi connectivity index (χ0) is 13.8. The van der Waals surface area contributed by atoms with E-state index in [1.54, 1.807) is 0 Å². The number of ether oxygens (including phenoxy) is 1. The van der Waals surface area contributed by atoms with Crippen LogP contribution in [0.25, 0.3) is 0 Å². The lowest BCUT2D eigenvalue weighted by molar-refractivity contribution is 0.00336. The fraction of sp³-hybridized carbons (Fsp3) is 0.929. The lowest BCUT2D eigenvalue weighted by Gasteiger charge is -2.41.